The van der Waals surface area contributed by atoms with E-state index in [4.69, 9.17) is 14.4 Å². The van der Waals surface area contributed by atoms with E-state index in [-0.39, 0.29) is 53.5 Å². The largest absolute Gasteiger partial charge is 0.443 e. The topological polar surface area (TPSA) is 154 Å². The Morgan fingerprint density at radius 3 is 1.69 bits per heavy atom. The minimum atomic E-state index is -0.729. The van der Waals surface area contributed by atoms with E-state index in [2.05, 4.69) is 39.9 Å². The lowest BCUT2D eigenvalue weighted by molar-refractivity contribution is -0.138. The zero-order valence-corrected chi connectivity index (χ0v) is 35.1. The minimum Gasteiger partial charge on any atom is -0.443 e. The van der Waals surface area contributed by atoms with Crippen molar-refractivity contribution < 1.29 is 23.6 Å². The molecule has 2 aliphatic heterocycles. The molecule has 320 valence electrons. The van der Waals surface area contributed by atoms with Crippen LogP contribution < -0.4 is 10.6 Å². The van der Waals surface area contributed by atoms with Crippen molar-refractivity contribution in [1.82, 2.24) is 35.4 Å². The van der Waals surface area contributed by atoms with E-state index in [1.54, 1.807) is 0 Å². The van der Waals surface area contributed by atoms with E-state index in [9.17, 15) is 19.2 Å². The van der Waals surface area contributed by atoms with Crippen LogP contribution in [-0.4, -0.2) is 61.5 Å². The Balaban J connectivity index is 0.756. The normalized spacial score (nSPS) is 23.5. The highest BCUT2D eigenvalue weighted by atomic mass is 16.4. The van der Waals surface area contributed by atoms with Gasteiger partial charge in [0.1, 0.15) is 29.7 Å². The van der Waals surface area contributed by atoms with Gasteiger partial charge in [0, 0.05) is 30.8 Å². The van der Waals surface area contributed by atoms with Gasteiger partial charge in [0.2, 0.25) is 29.5 Å². The fourth-order valence-electron chi connectivity index (χ4n) is 9.95. The predicted octanol–water partition coefficient (Wildman–Crippen LogP) is 8.37. The molecular weight excluding hydrogens is 779 g/mol. The third-order valence-electron chi connectivity index (χ3n) is 13.9. The van der Waals surface area contributed by atoms with Crippen molar-refractivity contribution in [2.45, 2.75) is 113 Å². The molecule has 0 spiro atoms. The summed E-state index contributed by atoms with van der Waals surface area (Å²) < 4.78 is 6.48. The Morgan fingerprint density at radius 2 is 1.13 bits per heavy atom. The van der Waals surface area contributed by atoms with Crippen LogP contribution in [0, 0.1) is 11.8 Å². The lowest BCUT2D eigenvalue weighted by Gasteiger charge is -2.29. The molecule has 12 nitrogen and oxygen atoms in total. The van der Waals surface area contributed by atoms with E-state index in [1.165, 1.54) is 5.56 Å². The Kier molecular flexibility index (Phi) is 11.2. The summed E-state index contributed by atoms with van der Waals surface area (Å²) in [5.41, 5.74) is 4.87. The molecule has 5 aliphatic rings. The van der Waals surface area contributed by atoms with Gasteiger partial charge < -0.3 is 29.8 Å². The van der Waals surface area contributed by atoms with Crippen molar-refractivity contribution in [1.29, 1.82) is 0 Å². The van der Waals surface area contributed by atoms with Crippen LogP contribution in [-0.2, 0) is 19.2 Å². The maximum Gasteiger partial charge on any atom is 0.250 e. The first-order valence-electron chi connectivity index (χ1n) is 22.8. The summed E-state index contributed by atoms with van der Waals surface area (Å²) in [6, 6.07) is 26.0. The molecule has 5 aromatic rings. The monoisotopic (exact) mass is 833 g/mol. The Labute approximate surface area is 362 Å². The third kappa shape index (κ3) is 8.43. The molecule has 0 radical (unpaired) electrons. The quantitative estimate of drug-likeness (QED) is 0.108. The number of H-pyrrole nitrogens is 1. The zero-order valence-electron chi connectivity index (χ0n) is 35.1. The summed E-state index contributed by atoms with van der Waals surface area (Å²) in [7, 11) is 0. The van der Waals surface area contributed by atoms with Gasteiger partial charge in [0.05, 0.1) is 24.1 Å². The molecule has 3 aromatic carbocycles. The van der Waals surface area contributed by atoms with Crippen LogP contribution in [0.5, 0.6) is 0 Å². The molecule has 10 rings (SSSR count). The first-order chi connectivity index (χ1) is 30.4. The average Bonchev–Trinajstić information content (AvgIpc) is 4.07. The molecule has 3 aliphatic carbocycles. The molecule has 3 saturated carbocycles. The fraction of sp³-hybridized carbons (Fsp3) is 0.440. The SMILES string of the molecule is O=C(NC(C(=O)N1CCCC1c1ncc(-c2ccc(C3CCC(c4cnc(C5CCCN5C(=O)C(NC(=O)C5CC5)c5ccccc5)o4)CC3)cc2)[nH]1)c1ccccc1)C1CC1. The van der Waals surface area contributed by atoms with Crippen molar-refractivity contribution >= 4 is 23.6 Å². The minimum absolute atomic E-state index is 0.00592. The van der Waals surface area contributed by atoms with Crippen molar-refractivity contribution in [3.05, 3.63) is 131 Å². The maximum atomic E-state index is 14.1. The van der Waals surface area contributed by atoms with Gasteiger partial charge in [-0.3, -0.25) is 19.2 Å². The van der Waals surface area contributed by atoms with Crippen molar-refractivity contribution in [2.75, 3.05) is 13.1 Å². The van der Waals surface area contributed by atoms with Crippen LogP contribution in [0.4, 0.5) is 0 Å². The number of carbonyl (C=O) groups is 4. The van der Waals surface area contributed by atoms with Gasteiger partial charge in [0.25, 0.3) is 0 Å². The van der Waals surface area contributed by atoms with E-state index < -0.39 is 12.1 Å². The van der Waals surface area contributed by atoms with Crippen LogP contribution in [0.2, 0.25) is 0 Å². The zero-order chi connectivity index (χ0) is 42.2. The lowest BCUT2D eigenvalue weighted by Crippen LogP contribution is -2.43. The molecule has 0 bridgehead atoms. The molecule has 2 saturated heterocycles. The molecule has 5 fully saturated rings. The maximum absolute atomic E-state index is 14.1. The molecule has 2 aromatic heterocycles. The Bertz CT molecular complexity index is 2380. The lowest BCUT2D eigenvalue weighted by atomic mass is 9.78. The van der Waals surface area contributed by atoms with Gasteiger partial charge in [-0.2, -0.15) is 0 Å². The van der Waals surface area contributed by atoms with Crippen molar-refractivity contribution in [2.24, 2.45) is 11.8 Å². The molecule has 4 atom stereocenters. The van der Waals surface area contributed by atoms with Gasteiger partial charge in [0.15, 0.2) is 0 Å². The first-order valence-corrected chi connectivity index (χ1v) is 22.8. The van der Waals surface area contributed by atoms with Crippen molar-refractivity contribution in [3.63, 3.8) is 0 Å². The second kappa shape index (κ2) is 17.4. The highest BCUT2D eigenvalue weighted by Gasteiger charge is 2.41. The fourth-order valence-corrected chi connectivity index (χ4v) is 9.95. The first kappa shape index (κ1) is 40.1. The third-order valence-corrected chi connectivity index (χ3v) is 13.9. The van der Waals surface area contributed by atoms with Gasteiger partial charge in [-0.25, -0.2) is 9.97 Å². The summed E-state index contributed by atoms with van der Waals surface area (Å²) >= 11 is 0. The number of carbonyl (C=O) groups excluding carboxylic acids is 4. The molecule has 62 heavy (non-hydrogen) atoms. The van der Waals surface area contributed by atoms with E-state index >= 15 is 0 Å². The molecule has 4 unspecified atom stereocenters. The van der Waals surface area contributed by atoms with E-state index in [0.717, 1.165) is 111 Å². The Morgan fingerprint density at radius 1 is 0.597 bits per heavy atom. The van der Waals surface area contributed by atoms with Gasteiger partial charge >= 0.3 is 0 Å². The highest BCUT2D eigenvalue weighted by molar-refractivity contribution is 5.91. The summed E-state index contributed by atoms with van der Waals surface area (Å²) in [6.07, 6.45) is 14.6. The smallest absolute Gasteiger partial charge is 0.250 e. The standard InChI is InChI=1S/C50H55N7O5/c58-46(37-23-24-37)54-43(35-9-3-1-4-10-35)49(60)56-27-7-13-40(56)45-51-29-39(53-45)33-19-15-31(16-20-33)32-17-21-34(22-18-32)42-30-52-48(62-42)41-14-8-28-57(41)50(61)44(36-11-5-2-6-12-36)55-47(59)38-25-26-38/h1-6,9-12,15-16,19-20,29-30,32,34,37-38,40-41,43-44H,7-8,13-14,17-18,21-28H2,(H,51,53)(H,54,58)(H,55,59). The Hall–Kier alpha value is -6.04. The number of hydrogen-bond acceptors (Lipinski definition) is 7. The number of amides is 4. The molecule has 12 heteroatoms. The van der Waals surface area contributed by atoms with E-state index in [0.29, 0.717) is 24.9 Å². The summed E-state index contributed by atoms with van der Waals surface area (Å²) in [6.45, 7) is 1.22. The van der Waals surface area contributed by atoms with Crippen LogP contribution in [0.3, 0.4) is 0 Å². The number of nitrogens with zero attached hydrogens (tertiary/aromatic N) is 4. The highest BCUT2D eigenvalue weighted by Crippen LogP contribution is 2.43. The van der Waals surface area contributed by atoms with Gasteiger partial charge in [-0.15, -0.1) is 0 Å². The number of aromatic nitrogens is 3. The molecular formula is C50H55N7O5. The summed E-state index contributed by atoms with van der Waals surface area (Å²) in [5, 5.41) is 6.11. The number of nitrogens with one attached hydrogen (secondary N) is 3. The van der Waals surface area contributed by atoms with Crippen LogP contribution >= 0.6 is 0 Å². The number of rotatable bonds is 13. The number of hydrogen-bond donors (Lipinski definition) is 3. The second-order valence-corrected chi connectivity index (χ2v) is 18.1. The molecule has 3 N–H and O–H groups in total. The van der Waals surface area contributed by atoms with Gasteiger partial charge in [-0.1, -0.05) is 84.9 Å². The number of benzene rings is 3. The van der Waals surface area contributed by atoms with E-state index in [1.807, 2.05) is 82.9 Å². The second-order valence-electron chi connectivity index (χ2n) is 18.1. The predicted molar refractivity (Wildman–Crippen MR) is 232 cm³/mol. The average molecular weight is 834 g/mol. The van der Waals surface area contributed by atoms with Gasteiger partial charge in [-0.05, 0) is 105 Å². The number of likely N-dealkylation sites (tertiary alicyclic amines) is 2. The van der Waals surface area contributed by atoms with Crippen molar-refractivity contribution in [3.8, 4) is 11.3 Å². The number of imidazole rings is 1. The molecule has 4 heterocycles. The van der Waals surface area contributed by atoms with Crippen LogP contribution in [0.15, 0.2) is 102 Å². The van der Waals surface area contributed by atoms with Crippen LogP contribution in [0.1, 0.15) is 147 Å². The van der Waals surface area contributed by atoms with Crippen LogP contribution in [0.25, 0.3) is 11.3 Å². The number of oxazole rings is 1. The summed E-state index contributed by atoms with van der Waals surface area (Å²) in [5.74, 6) is 2.69. The summed E-state index contributed by atoms with van der Waals surface area (Å²) in [4.78, 5) is 70.7. The molecule has 4 amide bonds. The number of aromatic amines is 1.